The number of anilines is 1. The second kappa shape index (κ2) is 6.51. The Morgan fingerprint density at radius 1 is 1.28 bits per heavy atom. The molecule has 1 amide bonds. The summed E-state index contributed by atoms with van der Waals surface area (Å²) in [6.45, 7) is 0.751. The molecule has 0 saturated carbocycles. The molecule has 100 valence electrons. The lowest BCUT2D eigenvalue weighted by molar-refractivity contribution is -0.116. The zero-order valence-corrected chi connectivity index (χ0v) is 11.4. The molecule has 0 atom stereocenters. The molecule has 0 spiro atoms. The Morgan fingerprint density at radius 3 is 2.56 bits per heavy atom. The molecule has 6 heteroatoms. The van der Waals surface area contributed by atoms with Crippen LogP contribution in [0.4, 0.5) is 5.69 Å². The number of nitrogens with one attached hydrogen (secondary N) is 2. The molecule has 0 aromatic heterocycles. The van der Waals surface area contributed by atoms with Gasteiger partial charge in [-0.2, -0.15) is 0 Å². The zero-order chi connectivity index (χ0) is 13.6. The monoisotopic (exact) mass is 270 g/mol. The Morgan fingerprint density at radius 2 is 1.94 bits per heavy atom. The van der Waals surface area contributed by atoms with Crippen molar-refractivity contribution in [2.75, 3.05) is 25.2 Å². The Kier molecular flexibility index (Phi) is 5.30. The maximum Gasteiger partial charge on any atom is 0.224 e. The second-order valence-electron chi connectivity index (χ2n) is 4.02. The van der Waals surface area contributed by atoms with E-state index in [0.717, 1.165) is 12.8 Å². The highest BCUT2D eigenvalue weighted by molar-refractivity contribution is 7.90. The van der Waals surface area contributed by atoms with Crippen LogP contribution in [0.2, 0.25) is 0 Å². The van der Waals surface area contributed by atoms with Gasteiger partial charge in [0.15, 0.2) is 9.84 Å². The van der Waals surface area contributed by atoms with Crippen LogP contribution >= 0.6 is 0 Å². The number of hydrogen-bond donors (Lipinski definition) is 2. The van der Waals surface area contributed by atoms with Crippen molar-refractivity contribution in [3.05, 3.63) is 24.3 Å². The Labute approximate surface area is 108 Å². The van der Waals surface area contributed by atoms with Crippen LogP contribution in [-0.2, 0) is 14.6 Å². The van der Waals surface area contributed by atoms with E-state index in [4.69, 9.17) is 0 Å². The smallest absolute Gasteiger partial charge is 0.224 e. The quantitative estimate of drug-likeness (QED) is 0.757. The van der Waals surface area contributed by atoms with Crippen molar-refractivity contribution in [2.45, 2.75) is 17.7 Å². The molecule has 0 unspecified atom stereocenters. The van der Waals surface area contributed by atoms with Crippen LogP contribution in [0.5, 0.6) is 0 Å². The summed E-state index contributed by atoms with van der Waals surface area (Å²) in [5, 5.41) is 5.58. The molecular formula is C12H18N2O3S. The van der Waals surface area contributed by atoms with Crippen LogP contribution in [0, 0.1) is 0 Å². The number of amides is 1. The van der Waals surface area contributed by atoms with E-state index in [1.54, 1.807) is 18.2 Å². The first-order valence-corrected chi connectivity index (χ1v) is 7.58. The lowest BCUT2D eigenvalue weighted by Crippen LogP contribution is -2.16. The van der Waals surface area contributed by atoms with Crippen LogP contribution in [0.1, 0.15) is 12.8 Å². The predicted molar refractivity (Wildman–Crippen MR) is 71.3 cm³/mol. The third kappa shape index (κ3) is 4.46. The summed E-state index contributed by atoms with van der Waals surface area (Å²) in [5.74, 6) is -0.179. The standard InChI is InChI=1S/C12H18N2O3S/c1-13-9-5-8-12(15)14-10-6-3-4-7-11(10)18(2,16)17/h3-4,6-7,13H,5,8-9H2,1-2H3,(H,14,15). The highest BCUT2D eigenvalue weighted by Gasteiger charge is 2.13. The molecule has 0 radical (unpaired) electrons. The van der Waals surface area contributed by atoms with Gasteiger partial charge in [0.1, 0.15) is 0 Å². The van der Waals surface area contributed by atoms with E-state index < -0.39 is 9.84 Å². The average Bonchev–Trinajstić information content (AvgIpc) is 2.28. The molecule has 0 heterocycles. The molecule has 2 N–H and O–H groups in total. The Bertz CT molecular complexity index is 512. The summed E-state index contributed by atoms with van der Waals surface area (Å²) in [6, 6.07) is 6.40. The van der Waals surface area contributed by atoms with Gasteiger partial charge in [0.25, 0.3) is 0 Å². The minimum Gasteiger partial charge on any atom is -0.325 e. The summed E-state index contributed by atoms with van der Waals surface area (Å²) >= 11 is 0. The molecule has 0 saturated heterocycles. The maximum atomic E-state index is 11.6. The largest absolute Gasteiger partial charge is 0.325 e. The van der Waals surface area contributed by atoms with E-state index in [9.17, 15) is 13.2 Å². The fourth-order valence-electron chi connectivity index (χ4n) is 1.53. The van der Waals surface area contributed by atoms with E-state index in [2.05, 4.69) is 10.6 Å². The van der Waals surface area contributed by atoms with E-state index in [1.807, 2.05) is 7.05 Å². The van der Waals surface area contributed by atoms with Crippen LogP contribution < -0.4 is 10.6 Å². The van der Waals surface area contributed by atoms with Crippen molar-refractivity contribution in [3.63, 3.8) is 0 Å². The molecule has 1 aromatic rings. The molecule has 0 aliphatic carbocycles. The van der Waals surface area contributed by atoms with E-state index in [1.165, 1.54) is 6.07 Å². The topological polar surface area (TPSA) is 75.3 Å². The van der Waals surface area contributed by atoms with Crippen molar-refractivity contribution >= 4 is 21.4 Å². The normalized spacial score (nSPS) is 11.2. The maximum absolute atomic E-state index is 11.6. The van der Waals surface area contributed by atoms with Gasteiger partial charge in [-0.05, 0) is 32.1 Å². The highest BCUT2D eigenvalue weighted by Crippen LogP contribution is 2.20. The summed E-state index contributed by atoms with van der Waals surface area (Å²) in [7, 11) is -1.51. The number of sulfone groups is 1. The number of para-hydroxylation sites is 1. The summed E-state index contributed by atoms with van der Waals surface area (Å²) in [4.78, 5) is 11.8. The molecule has 0 aliphatic heterocycles. The minimum atomic E-state index is -3.33. The third-order valence-corrected chi connectivity index (χ3v) is 3.55. The van der Waals surface area contributed by atoms with Gasteiger partial charge in [-0.15, -0.1) is 0 Å². The van der Waals surface area contributed by atoms with E-state index in [-0.39, 0.29) is 10.8 Å². The SMILES string of the molecule is CNCCCC(=O)Nc1ccccc1S(C)(=O)=O. The van der Waals surface area contributed by atoms with Gasteiger partial charge in [-0.1, -0.05) is 12.1 Å². The van der Waals surface area contributed by atoms with Gasteiger partial charge in [-0.3, -0.25) is 4.79 Å². The first kappa shape index (κ1) is 14.7. The van der Waals surface area contributed by atoms with E-state index in [0.29, 0.717) is 18.5 Å². The van der Waals surface area contributed by atoms with Crippen molar-refractivity contribution < 1.29 is 13.2 Å². The van der Waals surface area contributed by atoms with Gasteiger partial charge in [0, 0.05) is 12.7 Å². The second-order valence-corrected chi connectivity index (χ2v) is 6.01. The average molecular weight is 270 g/mol. The van der Waals surface area contributed by atoms with Crippen LogP contribution in [0.15, 0.2) is 29.2 Å². The van der Waals surface area contributed by atoms with Crippen molar-refractivity contribution in [1.29, 1.82) is 0 Å². The molecule has 0 fully saturated rings. The molecule has 0 aliphatic rings. The zero-order valence-electron chi connectivity index (χ0n) is 10.6. The fourth-order valence-corrected chi connectivity index (χ4v) is 2.38. The van der Waals surface area contributed by atoms with E-state index >= 15 is 0 Å². The Hall–Kier alpha value is -1.40. The molecule has 1 rings (SSSR count). The lowest BCUT2D eigenvalue weighted by atomic mass is 10.2. The predicted octanol–water partition coefficient (Wildman–Crippen LogP) is 1.03. The number of carbonyl (C=O) groups excluding carboxylic acids is 1. The fraction of sp³-hybridized carbons (Fsp3) is 0.417. The summed E-state index contributed by atoms with van der Waals surface area (Å²) in [6.07, 6.45) is 2.20. The molecule has 5 nitrogen and oxygen atoms in total. The summed E-state index contributed by atoms with van der Waals surface area (Å²) in [5.41, 5.74) is 0.342. The molecule has 1 aromatic carbocycles. The minimum absolute atomic E-state index is 0.145. The third-order valence-electron chi connectivity index (χ3n) is 2.39. The van der Waals surface area contributed by atoms with Gasteiger partial charge in [0.05, 0.1) is 10.6 Å². The van der Waals surface area contributed by atoms with Gasteiger partial charge < -0.3 is 10.6 Å². The molecular weight excluding hydrogens is 252 g/mol. The first-order chi connectivity index (χ1) is 8.45. The van der Waals surface area contributed by atoms with Crippen LogP contribution in [0.3, 0.4) is 0 Å². The summed E-state index contributed by atoms with van der Waals surface area (Å²) < 4.78 is 23.1. The van der Waals surface area contributed by atoms with Gasteiger partial charge >= 0.3 is 0 Å². The molecule has 18 heavy (non-hydrogen) atoms. The van der Waals surface area contributed by atoms with Crippen LogP contribution in [-0.4, -0.2) is 34.2 Å². The van der Waals surface area contributed by atoms with Gasteiger partial charge in [0.2, 0.25) is 5.91 Å². The number of hydrogen-bond acceptors (Lipinski definition) is 4. The Balaban J connectivity index is 2.76. The van der Waals surface area contributed by atoms with Crippen molar-refractivity contribution in [3.8, 4) is 0 Å². The first-order valence-electron chi connectivity index (χ1n) is 5.68. The number of carbonyl (C=O) groups is 1. The van der Waals surface area contributed by atoms with Gasteiger partial charge in [-0.25, -0.2) is 8.42 Å². The highest BCUT2D eigenvalue weighted by atomic mass is 32.2. The molecule has 0 bridgehead atoms. The number of rotatable bonds is 6. The van der Waals surface area contributed by atoms with Crippen molar-refractivity contribution in [1.82, 2.24) is 5.32 Å². The lowest BCUT2D eigenvalue weighted by Gasteiger charge is -2.09. The van der Waals surface area contributed by atoms with Crippen molar-refractivity contribution in [2.24, 2.45) is 0 Å². The number of benzene rings is 1. The van der Waals surface area contributed by atoms with Crippen LogP contribution in [0.25, 0.3) is 0 Å².